The summed E-state index contributed by atoms with van der Waals surface area (Å²) in [6, 6.07) is 29.6. The van der Waals surface area contributed by atoms with Crippen molar-refractivity contribution in [3.8, 4) is 11.8 Å². The Balaban J connectivity index is 1.31. The molecular weight excluding hydrogens is 576 g/mol. The molecule has 0 radical (unpaired) electrons. The lowest BCUT2D eigenvalue weighted by molar-refractivity contribution is -0.156. The molecule has 1 aliphatic heterocycles. The Hall–Kier alpha value is -4.85. The molecule has 0 aliphatic carbocycles. The van der Waals surface area contributed by atoms with Crippen LogP contribution in [0.2, 0.25) is 0 Å². The number of ether oxygens (including phenoxy) is 3. The molecule has 0 spiro atoms. The molecule has 0 saturated carbocycles. The summed E-state index contributed by atoms with van der Waals surface area (Å²) in [4.78, 5) is 19.4. The summed E-state index contributed by atoms with van der Waals surface area (Å²) in [5.41, 5.74) is 5.14. The number of anilines is 2. The molecule has 1 aliphatic rings. The highest BCUT2D eigenvalue weighted by Crippen LogP contribution is 2.32. The zero-order valence-corrected chi connectivity index (χ0v) is 27.2. The fourth-order valence-electron chi connectivity index (χ4n) is 5.57. The van der Waals surface area contributed by atoms with Crippen molar-refractivity contribution < 1.29 is 19.0 Å². The first-order chi connectivity index (χ1) is 22.2. The lowest BCUT2D eigenvalue weighted by Crippen LogP contribution is -2.35. The fourth-order valence-corrected chi connectivity index (χ4v) is 5.57. The highest BCUT2D eigenvalue weighted by molar-refractivity contribution is 6.15. The molecule has 0 unspecified atom stereocenters. The van der Waals surface area contributed by atoms with Gasteiger partial charge in [0.2, 0.25) is 11.8 Å². The molecule has 8 heteroatoms. The van der Waals surface area contributed by atoms with Crippen molar-refractivity contribution in [3.05, 3.63) is 113 Å². The van der Waals surface area contributed by atoms with E-state index in [2.05, 4.69) is 22.3 Å². The van der Waals surface area contributed by atoms with Gasteiger partial charge in [0.1, 0.15) is 18.8 Å². The molecule has 1 aromatic heterocycles. The molecule has 1 fully saturated rings. The van der Waals surface area contributed by atoms with E-state index in [-0.39, 0.29) is 5.97 Å². The predicted molar refractivity (Wildman–Crippen MR) is 183 cm³/mol. The van der Waals surface area contributed by atoms with Gasteiger partial charge in [0.15, 0.2) is 0 Å². The molecule has 0 amide bonds. The maximum atomic E-state index is 12.3. The number of nitrogens with one attached hydrogen (secondary N) is 2. The van der Waals surface area contributed by atoms with E-state index >= 15 is 0 Å². The molecule has 4 aromatic rings. The smallest absolute Gasteiger partial charge is 0.306 e. The predicted octanol–water partition coefficient (Wildman–Crippen LogP) is 7.65. The second-order valence-corrected chi connectivity index (χ2v) is 12.6. The quantitative estimate of drug-likeness (QED) is 0.124. The van der Waals surface area contributed by atoms with Crippen molar-refractivity contribution in [2.45, 2.75) is 58.8 Å². The molecule has 46 heavy (non-hydrogen) atoms. The number of hydrogen-bond acceptors (Lipinski definition) is 8. The van der Waals surface area contributed by atoms with Crippen molar-refractivity contribution >= 4 is 23.1 Å². The van der Waals surface area contributed by atoms with E-state index in [1.165, 1.54) is 0 Å². The number of carbonyl (C=O) groups is 1. The van der Waals surface area contributed by atoms with Gasteiger partial charge in [0.25, 0.3) is 0 Å². The van der Waals surface area contributed by atoms with Gasteiger partial charge in [0, 0.05) is 49.6 Å². The summed E-state index contributed by atoms with van der Waals surface area (Å²) >= 11 is 0. The fraction of sp³-hybridized carbons (Fsp3) is 0.342. The van der Waals surface area contributed by atoms with Crippen LogP contribution in [0, 0.1) is 11.3 Å². The summed E-state index contributed by atoms with van der Waals surface area (Å²) in [5.74, 6) is 0.979. The van der Waals surface area contributed by atoms with Crippen LogP contribution in [0.3, 0.4) is 0 Å². The second kappa shape index (κ2) is 15.0. The van der Waals surface area contributed by atoms with Crippen molar-refractivity contribution in [1.29, 1.82) is 5.41 Å². The van der Waals surface area contributed by atoms with E-state index in [1.54, 1.807) is 6.07 Å². The summed E-state index contributed by atoms with van der Waals surface area (Å²) in [6.07, 6.45) is 2.32. The normalized spacial score (nSPS) is 13.6. The van der Waals surface area contributed by atoms with Gasteiger partial charge in [0.05, 0.1) is 11.3 Å². The van der Waals surface area contributed by atoms with Crippen LogP contribution in [0.15, 0.2) is 91.0 Å². The van der Waals surface area contributed by atoms with Crippen LogP contribution in [0.5, 0.6) is 11.8 Å². The summed E-state index contributed by atoms with van der Waals surface area (Å²) in [6.45, 7) is 8.13. The number of rotatable bonds is 12. The maximum absolute atomic E-state index is 12.3. The molecule has 2 heterocycles. The van der Waals surface area contributed by atoms with Crippen LogP contribution in [0.25, 0.3) is 0 Å². The van der Waals surface area contributed by atoms with Crippen molar-refractivity contribution in [2.75, 3.05) is 30.4 Å². The first-order valence-corrected chi connectivity index (χ1v) is 15.9. The first kappa shape index (κ1) is 32.5. The van der Waals surface area contributed by atoms with Gasteiger partial charge in [-0.1, -0.05) is 60.7 Å². The molecule has 0 bridgehead atoms. The molecule has 5 rings (SSSR count). The first-order valence-electron chi connectivity index (χ1n) is 15.9. The molecule has 0 atom stereocenters. The van der Waals surface area contributed by atoms with Crippen molar-refractivity contribution in [1.82, 2.24) is 4.98 Å². The number of piperidine rings is 1. The molecule has 8 nitrogen and oxygen atoms in total. The molecule has 2 N–H and O–H groups in total. The van der Waals surface area contributed by atoms with E-state index in [9.17, 15) is 10.2 Å². The lowest BCUT2D eigenvalue weighted by atomic mass is 9.93. The summed E-state index contributed by atoms with van der Waals surface area (Å²) < 4.78 is 17.8. The average molecular weight is 621 g/mol. The maximum Gasteiger partial charge on any atom is 0.306 e. The number of pyridine rings is 1. The van der Waals surface area contributed by atoms with E-state index in [1.807, 2.05) is 101 Å². The van der Waals surface area contributed by atoms with Gasteiger partial charge in [-0.05, 0) is 74.9 Å². The Morgan fingerprint density at radius 2 is 1.48 bits per heavy atom. The number of aromatic nitrogens is 1. The zero-order valence-electron chi connectivity index (χ0n) is 27.2. The Kier molecular flexibility index (Phi) is 10.6. The van der Waals surface area contributed by atoms with E-state index < -0.39 is 5.60 Å². The van der Waals surface area contributed by atoms with Gasteiger partial charge < -0.3 is 24.4 Å². The van der Waals surface area contributed by atoms with Gasteiger partial charge >= 0.3 is 5.97 Å². The van der Waals surface area contributed by atoms with Gasteiger partial charge in [-0.2, -0.15) is 4.98 Å². The largest absolute Gasteiger partial charge is 0.473 e. The Bertz CT molecular complexity index is 1610. The molecular formula is C38H44N4O4. The molecule has 240 valence electrons. The molecule has 1 saturated heterocycles. The van der Waals surface area contributed by atoms with E-state index in [0.717, 1.165) is 54.0 Å². The van der Waals surface area contributed by atoms with Crippen molar-refractivity contribution in [3.63, 3.8) is 0 Å². The third kappa shape index (κ3) is 8.87. The monoisotopic (exact) mass is 620 g/mol. The Morgan fingerprint density at radius 3 is 2.09 bits per heavy atom. The number of hydrogen-bond donors (Lipinski definition) is 2. The third-order valence-electron chi connectivity index (χ3n) is 7.95. The second-order valence-electron chi connectivity index (χ2n) is 12.6. The highest BCUT2D eigenvalue weighted by Gasteiger charge is 2.25. The van der Waals surface area contributed by atoms with Crippen molar-refractivity contribution in [2.24, 2.45) is 5.92 Å². The summed E-state index contributed by atoms with van der Waals surface area (Å²) in [7, 11) is 1.87. The van der Waals surface area contributed by atoms with Crippen LogP contribution in [0.1, 0.15) is 62.3 Å². The third-order valence-corrected chi connectivity index (χ3v) is 7.95. The van der Waals surface area contributed by atoms with Crippen LogP contribution >= 0.6 is 0 Å². The number of carbonyl (C=O) groups excluding carboxylic acids is 1. The number of esters is 1. The number of benzene rings is 3. The van der Waals surface area contributed by atoms with Gasteiger partial charge in [-0.3, -0.25) is 10.2 Å². The Morgan fingerprint density at radius 1 is 0.870 bits per heavy atom. The molecule has 3 aromatic carbocycles. The zero-order chi connectivity index (χ0) is 32.5. The SMILES string of the molecule is CNc1cc(N2CCC(CC(=O)OC(C)(C)C)CC2)ccc1C(=N)c1ccc(OCc2ccccc2)nc1OCc1ccccc1. The topological polar surface area (TPSA) is 96.8 Å². The van der Waals surface area contributed by atoms with E-state index in [4.69, 9.17) is 19.2 Å². The minimum Gasteiger partial charge on any atom is -0.473 e. The Labute approximate surface area is 272 Å². The minimum atomic E-state index is -0.458. The van der Waals surface area contributed by atoms with Crippen LogP contribution in [0.4, 0.5) is 11.4 Å². The standard InChI is InChI=1S/C38H44N4O4/c1-38(2,3)46-35(43)23-27-19-21-42(22-20-27)30-15-16-31(33(24-30)40-4)36(39)32-17-18-34(44-25-28-11-7-5-8-12-28)41-37(32)45-26-29-13-9-6-10-14-29/h5-18,24,27,39-40H,19-23,25-26H2,1-4H3. The minimum absolute atomic E-state index is 0.122. The van der Waals surface area contributed by atoms with Crippen LogP contribution < -0.4 is 19.7 Å². The number of nitrogens with zero attached hydrogens (tertiary/aromatic N) is 2. The van der Waals surface area contributed by atoms with Crippen LogP contribution in [-0.4, -0.2) is 42.4 Å². The van der Waals surface area contributed by atoms with Gasteiger partial charge in [-0.25, -0.2) is 0 Å². The lowest BCUT2D eigenvalue weighted by Gasteiger charge is -2.34. The van der Waals surface area contributed by atoms with Gasteiger partial charge in [-0.15, -0.1) is 0 Å². The highest BCUT2D eigenvalue weighted by atomic mass is 16.6. The average Bonchev–Trinajstić information content (AvgIpc) is 3.06. The van der Waals surface area contributed by atoms with Crippen LogP contribution in [-0.2, 0) is 22.7 Å². The summed E-state index contributed by atoms with van der Waals surface area (Å²) in [5, 5.41) is 12.6. The van der Waals surface area contributed by atoms with E-state index in [0.29, 0.717) is 48.6 Å².